The van der Waals surface area contributed by atoms with Crippen molar-refractivity contribution in [3.05, 3.63) is 0 Å². The van der Waals surface area contributed by atoms with Crippen molar-refractivity contribution >= 4 is 11.8 Å². The quantitative estimate of drug-likeness (QED) is 0.266. The van der Waals surface area contributed by atoms with E-state index in [1.807, 2.05) is 32.8 Å². The highest BCUT2D eigenvalue weighted by Crippen LogP contribution is 2.41. The summed E-state index contributed by atoms with van der Waals surface area (Å²) in [5, 5.41) is 45.6. The molecule has 0 aromatic carbocycles. The molecule has 18 atom stereocenters. The first-order valence-electron chi connectivity index (χ1n) is 18.9. The summed E-state index contributed by atoms with van der Waals surface area (Å²) in [4.78, 5) is 30.1. The Morgan fingerprint density at radius 1 is 0.846 bits per heavy atom. The van der Waals surface area contributed by atoms with Crippen LogP contribution in [0.3, 0.4) is 0 Å². The van der Waals surface area contributed by atoms with E-state index in [4.69, 9.17) is 33.2 Å². The van der Waals surface area contributed by atoms with Crippen molar-refractivity contribution in [3.63, 3.8) is 0 Å². The average molecular weight is 748 g/mol. The van der Waals surface area contributed by atoms with Gasteiger partial charge in [-0.3, -0.25) is 9.59 Å². The molecule has 52 heavy (non-hydrogen) atoms. The molecule has 3 saturated heterocycles. The van der Waals surface area contributed by atoms with Gasteiger partial charge in [0.25, 0.3) is 0 Å². The van der Waals surface area contributed by atoms with Gasteiger partial charge in [0.15, 0.2) is 12.6 Å². The van der Waals surface area contributed by atoms with Crippen LogP contribution in [-0.4, -0.2) is 150 Å². The number of likely N-dealkylation sites (N-methyl/N-ethyl adjacent to an activating group) is 1. The number of nitrogens with zero attached hydrogens (tertiary/aromatic N) is 1. The van der Waals surface area contributed by atoms with Crippen molar-refractivity contribution in [1.82, 2.24) is 4.90 Å². The molecule has 14 heteroatoms. The van der Waals surface area contributed by atoms with Gasteiger partial charge >= 0.3 is 5.97 Å². The molecule has 304 valence electrons. The number of hydrogen-bond acceptors (Lipinski definition) is 14. The Morgan fingerprint density at radius 2 is 1.44 bits per heavy atom. The van der Waals surface area contributed by atoms with Gasteiger partial charge in [-0.2, -0.15) is 0 Å². The highest BCUT2D eigenvalue weighted by molar-refractivity contribution is 5.83. The van der Waals surface area contributed by atoms with E-state index < -0.39 is 102 Å². The summed E-state index contributed by atoms with van der Waals surface area (Å²) in [5.41, 5.74) is -4.24. The molecule has 0 amide bonds. The van der Waals surface area contributed by atoms with Crippen LogP contribution in [0.15, 0.2) is 0 Å². The first-order chi connectivity index (χ1) is 24.0. The fraction of sp³-hybridized carbons (Fsp3) is 0.947. The third-order valence-electron chi connectivity index (χ3n) is 12.3. The van der Waals surface area contributed by atoms with Crippen LogP contribution in [-0.2, 0) is 42.7 Å². The largest absolute Gasteiger partial charge is 0.459 e. The Hall–Kier alpha value is -1.30. The second kappa shape index (κ2) is 17.7. The number of carbonyl (C=O) groups is 2. The summed E-state index contributed by atoms with van der Waals surface area (Å²) in [6.07, 6.45) is -8.73. The van der Waals surface area contributed by atoms with Gasteiger partial charge in [0, 0.05) is 44.4 Å². The molecule has 3 aliphatic rings. The molecule has 14 nitrogen and oxygen atoms in total. The van der Waals surface area contributed by atoms with Crippen LogP contribution in [0.1, 0.15) is 94.9 Å². The number of methoxy groups -OCH3 is 2. The molecular weight excluding hydrogens is 678 g/mol. The van der Waals surface area contributed by atoms with Gasteiger partial charge in [0.05, 0.1) is 47.6 Å². The molecule has 0 bridgehead atoms. The Labute approximate surface area is 310 Å². The number of rotatable bonds is 8. The molecule has 0 aliphatic carbocycles. The molecule has 0 spiro atoms. The zero-order valence-electron chi connectivity index (χ0n) is 33.9. The molecule has 3 aliphatic heterocycles. The first kappa shape index (κ1) is 45.1. The third kappa shape index (κ3) is 9.38. The van der Waals surface area contributed by atoms with Crippen LogP contribution in [0.4, 0.5) is 0 Å². The lowest BCUT2D eigenvalue weighted by Crippen LogP contribution is -2.61. The smallest absolute Gasteiger partial charge is 0.311 e. The van der Waals surface area contributed by atoms with Crippen LogP contribution in [0, 0.1) is 23.7 Å². The van der Waals surface area contributed by atoms with E-state index in [0.717, 1.165) is 0 Å². The van der Waals surface area contributed by atoms with Gasteiger partial charge < -0.3 is 58.5 Å². The molecule has 0 aromatic heterocycles. The SMILES string of the molecule is CC[C@@H]1OC(=O)[C@@H](C)[C@H](O[C@@H]2C[C@](C)(OC)[C@@H](O)[C@@H](C)O2)[C@@H](C)[C@H](O[C@H]2O[C@H](C)C[C@H](N(C)C)[C@H]2O)[C@@](C)(OC)C[C@H](C)C(=O)[C@@H](C)[C@H](O)[C@@]1(C)O. The van der Waals surface area contributed by atoms with Crippen molar-refractivity contribution < 1.29 is 63.2 Å². The number of cyclic esters (lactones) is 1. The lowest BCUT2D eigenvalue weighted by Gasteiger charge is -2.50. The predicted molar refractivity (Wildman–Crippen MR) is 191 cm³/mol. The number of ketones is 1. The number of esters is 1. The minimum absolute atomic E-state index is 0.111. The van der Waals surface area contributed by atoms with Crippen LogP contribution < -0.4 is 0 Å². The molecule has 3 fully saturated rings. The highest BCUT2D eigenvalue weighted by atomic mass is 16.7. The number of carbonyl (C=O) groups excluding carboxylic acids is 2. The zero-order chi connectivity index (χ0) is 39.7. The molecule has 0 saturated carbocycles. The third-order valence-corrected chi connectivity index (χ3v) is 12.3. The molecule has 4 N–H and O–H groups in total. The topological polar surface area (TPSA) is 183 Å². The molecular formula is C38H69NO13. The standard InChI is InChI=1S/C38H69NO13/c1-15-26-38(10,45)31(42)21(4)28(40)19(2)17-37(9,47-14)33(52-35-29(41)25(39(11)12)16-20(3)48-35)22(5)30(23(6)34(44)50-26)51-27-18-36(8,46-13)32(43)24(7)49-27/h19-27,29-33,35,41-43,45H,15-18H2,1-14H3/t19-,20+,21+,22+,23-,24+,25-,26-,27+,29+,30+,31-,32-,33-,35+,36-,37-,38-/m0/s1. The zero-order valence-corrected chi connectivity index (χ0v) is 33.9. The second-order valence-electron chi connectivity index (χ2n) is 16.6. The lowest BCUT2D eigenvalue weighted by molar-refractivity contribution is -0.319. The maximum Gasteiger partial charge on any atom is 0.311 e. The van der Waals surface area contributed by atoms with Crippen molar-refractivity contribution in [3.8, 4) is 0 Å². The normalized spacial score (nSPS) is 49.0. The Morgan fingerprint density at radius 3 is 1.98 bits per heavy atom. The number of aliphatic hydroxyl groups is 4. The van der Waals surface area contributed by atoms with E-state index in [-0.39, 0.29) is 37.2 Å². The summed E-state index contributed by atoms with van der Waals surface area (Å²) in [7, 11) is 6.77. The van der Waals surface area contributed by atoms with Gasteiger partial charge in [-0.15, -0.1) is 0 Å². The number of ether oxygens (including phenoxy) is 7. The Balaban J connectivity index is 2.22. The number of aliphatic hydroxyl groups excluding tert-OH is 3. The van der Waals surface area contributed by atoms with E-state index in [9.17, 15) is 30.0 Å². The molecule has 3 rings (SSSR count). The van der Waals surface area contributed by atoms with Gasteiger partial charge in [-0.25, -0.2) is 0 Å². The van der Waals surface area contributed by atoms with Crippen LogP contribution in [0.25, 0.3) is 0 Å². The van der Waals surface area contributed by atoms with Crippen LogP contribution >= 0.6 is 0 Å². The Kier molecular flexibility index (Phi) is 15.3. The van der Waals surface area contributed by atoms with E-state index in [1.54, 1.807) is 48.5 Å². The van der Waals surface area contributed by atoms with Crippen LogP contribution in [0.5, 0.6) is 0 Å². The maximum absolute atomic E-state index is 14.2. The molecule has 0 radical (unpaired) electrons. The van der Waals surface area contributed by atoms with Gasteiger partial charge in [-0.05, 0) is 74.9 Å². The molecule has 0 aromatic rings. The summed E-state index contributed by atoms with van der Waals surface area (Å²) >= 11 is 0. The fourth-order valence-corrected chi connectivity index (χ4v) is 8.58. The first-order valence-corrected chi connectivity index (χ1v) is 18.9. The van der Waals surface area contributed by atoms with Gasteiger partial charge in [0.1, 0.15) is 29.7 Å². The highest BCUT2D eigenvalue weighted by Gasteiger charge is 2.54. The average Bonchev–Trinajstić information content (AvgIpc) is 3.09. The minimum atomic E-state index is -1.96. The van der Waals surface area contributed by atoms with E-state index in [1.165, 1.54) is 21.1 Å². The van der Waals surface area contributed by atoms with Crippen molar-refractivity contribution in [1.29, 1.82) is 0 Å². The monoisotopic (exact) mass is 747 g/mol. The van der Waals surface area contributed by atoms with Crippen LogP contribution in [0.2, 0.25) is 0 Å². The summed E-state index contributed by atoms with van der Waals surface area (Å²) in [6, 6.07) is -0.283. The lowest BCUT2D eigenvalue weighted by atomic mass is 9.74. The van der Waals surface area contributed by atoms with Gasteiger partial charge in [0.2, 0.25) is 0 Å². The summed E-state index contributed by atoms with van der Waals surface area (Å²) in [5.74, 6) is -4.47. The minimum Gasteiger partial charge on any atom is -0.459 e. The molecule has 0 unspecified atom stereocenters. The maximum atomic E-state index is 14.2. The fourth-order valence-electron chi connectivity index (χ4n) is 8.58. The second-order valence-corrected chi connectivity index (χ2v) is 16.6. The van der Waals surface area contributed by atoms with Gasteiger partial charge in [-0.1, -0.05) is 27.7 Å². The van der Waals surface area contributed by atoms with Crippen molar-refractivity contribution in [2.45, 2.75) is 179 Å². The predicted octanol–water partition coefficient (Wildman–Crippen LogP) is 2.44. The van der Waals surface area contributed by atoms with Crippen molar-refractivity contribution in [2.75, 3.05) is 28.3 Å². The van der Waals surface area contributed by atoms with Crippen molar-refractivity contribution in [2.24, 2.45) is 23.7 Å². The van der Waals surface area contributed by atoms with E-state index in [0.29, 0.717) is 6.42 Å². The summed E-state index contributed by atoms with van der Waals surface area (Å²) < 4.78 is 43.9. The summed E-state index contributed by atoms with van der Waals surface area (Å²) in [6.45, 7) is 17.1. The van der Waals surface area contributed by atoms with E-state index >= 15 is 0 Å². The molecule has 3 heterocycles. The Bertz CT molecular complexity index is 1190. The number of hydrogen-bond donors (Lipinski definition) is 4. The number of Topliss-reactive ketones (excluding diaryl/α,β-unsaturated/α-hetero) is 1. The van der Waals surface area contributed by atoms with E-state index in [2.05, 4.69) is 0 Å².